The Balaban J connectivity index is 0.979. The smallest absolute Gasteiger partial charge is 0.0473 e. The molecule has 1 heteroatoms. The van der Waals surface area contributed by atoms with E-state index in [2.05, 4.69) is 314 Å². The van der Waals surface area contributed by atoms with E-state index in [1.165, 1.54) is 88.3 Å². The highest BCUT2D eigenvalue weighted by molar-refractivity contribution is 6.25. The summed E-state index contributed by atoms with van der Waals surface area (Å²) in [5.41, 5.74) is 22.3. The summed E-state index contributed by atoms with van der Waals surface area (Å²) in [5, 5.41) is 4.97. The third kappa shape index (κ3) is 8.77. The van der Waals surface area contributed by atoms with Gasteiger partial charge in [-0.15, -0.1) is 0 Å². The molecule has 13 rings (SSSR count). The molecule has 0 unspecified atom stereocenters. The lowest BCUT2D eigenvalue weighted by Crippen LogP contribution is -2.10. The summed E-state index contributed by atoms with van der Waals surface area (Å²) in [7, 11) is 0. The van der Waals surface area contributed by atoms with Crippen molar-refractivity contribution in [1.82, 2.24) is 0 Å². The average molecular weight is 954 g/mol. The molecule has 0 radical (unpaired) electrons. The quantitative estimate of drug-likeness (QED) is 0.117. The van der Waals surface area contributed by atoms with E-state index in [4.69, 9.17) is 0 Å². The van der Waals surface area contributed by atoms with E-state index in [9.17, 15) is 0 Å². The third-order valence-electron chi connectivity index (χ3n) is 14.6. The molecule has 0 saturated heterocycles. The summed E-state index contributed by atoms with van der Waals surface area (Å²) in [4.78, 5) is 2.42. The van der Waals surface area contributed by atoms with Gasteiger partial charge in [0.2, 0.25) is 0 Å². The minimum Gasteiger partial charge on any atom is -0.310 e. The molecule has 0 spiro atoms. The monoisotopic (exact) mass is 953 g/mol. The van der Waals surface area contributed by atoms with Gasteiger partial charge in [0.15, 0.2) is 0 Å². The number of nitrogens with zero attached hydrogens (tertiary/aromatic N) is 1. The zero-order chi connectivity index (χ0) is 49.9. The molecule has 0 amide bonds. The summed E-state index contributed by atoms with van der Waals surface area (Å²) in [6.45, 7) is 0. The van der Waals surface area contributed by atoms with Crippen LogP contribution in [0.2, 0.25) is 0 Å². The lowest BCUT2D eigenvalue weighted by molar-refractivity contribution is 1.28. The van der Waals surface area contributed by atoms with Gasteiger partial charge >= 0.3 is 0 Å². The van der Waals surface area contributed by atoms with Gasteiger partial charge in [-0.2, -0.15) is 0 Å². The fourth-order valence-electron chi connectivity index (χ4n) is 11.1. The molecule has 75 heavy (non-hydrogen) atoms. The van der Waals surface area contributed by atoms with Crippen LogP contribution in [0, 0.1) is 0 Å². The van der Waals surface area contributed by atoms with Crippen LogP contribution < -0.4 is 4.90 Å². The van der Waals surface area contributed by atoms with Crippen molar-refractivity contribution in [2.75, 3.05) is 4.90 Å². The van der Waals surface area contributed by atoms with Crippen LogP contribution in [0.15, 0.2) is 309 Å². The van der Waals surface area contributed by atoms with Gasteiger partial charge in [0, 0.05) is 17.1 Å². The van der Waals surface area contributed by atoms with Gasteiger partial charge in [-0.3, -0.25) is 0 Å². The van der Waals surface area contributed by atoms with Crippen molar-refractivity contribution in [2.45, 2.75) is 0 Å². The van der Waals surface area contributed by atoms with Gasteiger partial charge < -0.3 is 4.90 Å². The van der Waals surface area contributed by atoms with Gasteiger partial charge in [-0.1, -0.05) is 261 Å². The molecule has 0 saturated carbocycles. The van der Waals surface area contributed by atoms with Crippen LogP contribution in [-0.4, -0.2) is 0 Å². The molecular formula is C74H51N. The Hall–Kier alpha value is -9.82. The van der Waals surface area contributed by atoms with Crippen molar-refractivity contribution in [2.24, 2.45) is 0 Å². The predicted octanol–water partition coefficient (Wildman–Crippen LogP) is 20.8. The van der Waals surface area contributed by atoms with Gasteiger partial charge in [-0.05, 0) is 159 Å². The molecule has 1 nitrogen and oxygen atoms in total. The Morgan fingerprint density at radius 2 is 0.547 bits per heavy atom. The largest absolute Gasteiger partial charge is 0.310 e. The second kappa shape index (κ2) is 20.0. The van der Waals surface area contributed by atoms with E-state index in [0.29, 0.717) is 0 Å². The second-order valence-corrected chi connectivity index (χ2v) is 19.2. The van der Waals surface area contributed by atoms with Crippen molar-refractivity contribution < 1.29 is 0 Å². The standard InChI is InChI=1S/C74H51N/c1-7-22-52(23-8-1)60-42-47-66(71(51-60)55-28-13-4-14-29-55)56-38-43-63(44-39-56)75(65-49-61(53-24-9-2-10-25-53)48-62(50-65)54-26-11-3-12-27-54)64-45-40-57(41-46-64)67-36-21-37-70-73(59-32-17-6-18-33-59)72(58-30-15-5-16-31-58)68-34-19-20-35-69(68)74(67)70/h1-51H. The Labute approximate surface area is 439 Å². The molecule has 0 atom stereocenters. The van der Waals surface area contributed by atoms with Crippen LogP contribution in [0.25, 0.3) is 111 Å². The molecule has 13 aromatic rings. The summed E-state index contributed by atoms with van der Waals surface area (Å²) in [6.07, 6.45) is 0. The predicted molar refractivity (Wildman–Crippen MR) is 320 cm³/mol. The highest BCUT2D eigenvalue weighted by Gasteiger charge is 2.22. The number of anilines is 3. The van der Waals surface area contributed by atoms with E-state index >= 15 is 0 Å². The molecule has 0 N–H and O–H groups in total. The topological polar surface area (TPSA) is 3.24 Å². The summed E-state index contributed by atoms with van der Waals surface area (Å²) in [6, 6.07) is 113. The molecular weight excluding hydrogens is 903 g/mol. The number of fused-ring (bicyclic) bond motifs is 3. The van der Waals surface area contributed by atoms with E-state index in [1.54, 1.807) is 0 Å². The first-order valence-corrected chi connectivity index (χ1v) is 25.8. The first kappa shape index (κ1) is 45.1. The van der Waals surface area contributed by atoms with E-state index in [-0.39, 0.29) is 0 Å². The Morgan fingerprint density at radius 3 is 1.05 bits per heavy atom. The molecule has 0 aliphatic heterocycles. The molecule has 0 aliphatic rings. The normalized spacial score (nSPS) is 11.2. The molecule has 0 heterocycles. The highest BCUT2D eigenvalue weighted by Crippen LogP contribution is 2.48. The average Bonchev–Trinajstić information content (AvgIpc) is 3.50. The zero-order valence-corrected chi connectivity index (χ0v) is 41.4. The summed E-state index contributed by atoms with van der Waals surface area (Å²) >= 11 is 0. The molecule has 0 bridgehead atoms. The van der Waals surface area contributed by atoms with Crippen LogP contribution in [0.3, 0.4) is 0 Å². The lowest BCUT2D eigenvalue weighted by atomic mass is 9.83. The highest BCUT2D eigenvalue weighted by atomic mass is 15.1. The second-order valence-electron chi connectivity index (χ2n) is 19.2. The van der Waals surface area contributed by atoms with Crippen molar-refractivity contribution in [3.8, 4) is 89.0 Å². The minimum absolute atomic E-state index is 1.06. The maximum Gasteiger partial charge on any atom is 0.0473 e. The molecule has 352 valence electrons. The number of hydrogen-bond acceptors (Lipinski definition) is 1. The molecule has 0 fully saturated rings. The maximum absolute atomic E-state index is 2.42. The Bertz CT molecular complexity index is 4040. The number of rotatable bonds is 11. The van der Waals surface area contributed by atoms with Crippen molar-refractivity contribution in [1.29, 1.82) is 0 Å². The first-order chi connectivity index (χ1) is 37.2. The number of hydrogen-bond donors (Lipinski definition) is 0. The van der Waals surface area contributed by atoms with Crippen molar-refractivity contribution in [3.63, 3.8) is 0 Å². The van der Waals surface area contributed by atoms with E-state index in [1.807, 2.05) is 0 Å². The van der Waals surface area contributed by atoms with E-state index < -0.39 is 0 Å². The summed E-state index contributed by atoms with van der Waals surface area (Å²) < 4.78 is 0. The van der Waals surface area contributed by atoms with Gasteiger partial charge in [0.05, 0.1) is 0 Å². The van der Waals surface area contributed by atoms with Crippen LogP contribution in [-0.2, 0) is 0 Å². The van der Waals surface area contributed by atoms with Gasteiger partial charge in [0.1, 0.15) is 0 Å². The fourth-order valence-corrected chi connectivity index (χ4v) is 11.1. The molecule has 13 aromatic carbocycles. The molecule has 0 aromatic heterocycles. The van der Waals surface area contributed by atoms with Gasteiger partial charge in [-0.25, -0.2) is 0 Å². The van der Waals surface area contributed by atoms with Crippen LogP contribution in [0.4, 0.5) is 17.1 Å². The van der Waals surface area contributed by atoms with Crippen LogP contribution >= 0.6 is 0 Å². The molecule has 0 aliphatic carbocycles. The van der Waals surface area contributed by atoms with Crippen molar-refractivity contribution >= 4 is 38.6 Å². The maximum atomic E-state index is 2.42. The van der Waals surface area contributed by atoms with E-state index in [0.717, 1.165) is 39.3 Å². The fraction of sp³-hybridized carbons (Fsp3) is 0. The third-order valence-corrected chi connectivity index (χ3v) is 14.6. The number of benzene rings is 13. The van der Waals surface area contributed by atoms with Crippen molar-refractivity contribution in [3.05, 3.63) is 309 Å². The first-order valence-electron chi connectivity index (χ1n) is 25.8. The Kier molecular flexibility index (Phi) is 12.0. The lowest BCUT2D eigenvalue weighted by Gasteiger charge is -2.27. The SMILES string of the molecule is c1ccc(-c2cc(-c3ccccc3)cc(N(c3ccc(-c4ccc(-c5ccccc5)cc4-c4ccccc4)cc3)c3ccc(-c4cccc5c(-c6ccccc6)c(-c6ccccc6)c6ccccc6c45)cc3)c2)cc1. The summed E-state index contributed by atoms with van der Waals surface area (Å²) in [5.74, 6) is 0. The Morgan fingerprint density at radius 1 is 0.173 bits per heavy atom. The van der Waals surface area contributed by atoms with Crippen LogP contribution in [0.5, 0.6) is 0 Å². The van der Waals surface area contributed by atoms with Gasteiger partial charge in [0.25, 0.3) is 0 Å². The minimum atomic E-state index is 1.06. The van der Waals surface area contributed by atoms with Crippen LogP contribution in [0.1, 0.15) is 0 Å². The zero-order valence-electron chi connectivity index (χ0n) is 41.4.